The number of carbonyl (C=O) groups excluding carboxylic acids is 1. The van der Waals surface area contributed by atoms with Gasteiger partial charge in [-0.3, -0.25) is 10.1 Å². The second-order valence-electron chi connectivity index (χ2n) is 7.15. The lowest BCUT2D eigenvalue weighted by molar-refractivity contribution is -0.147. The van der Waals surface area contributed by atoms with E-state index in [1.54, 1.807) is 0 Å². The summed E-state index contributed by atoms with van der Waals surface area (Å²) in [5, 5.41) is 12.9. The molecule has 2 saturated heterocycles. The van der Waals surface area contributed by atoms with Gasteiger partial charge < -0.3 is 9.64 Å². The fourth-order valence-corrected chi connectivity index (χ4v) is 3.69. The van der Waals surface area contributed by atoms with Crippen molar-refractivity contribution in [1.82, 2.24) is 10.2 Å². The van der Waals surface area contributed by atoms with Crippen LogP contribution in [0.3, 0.4) is 0 Å². The Morgan fingerprint density at radius 3 is 2.70 bits per heavy atom. The van der Waals surface area contributed by atoms with Crippen molar-refractivity contribution in [1.29, 1.82) is 5.26 Å². The molecular formula is C18H23N3O2. The predicted octanol–water partition coefficient (Wildman–Crippen LogP) is 1.84. The minimum Gasteiger partial charge on any atom is -0.354 e. The lowest BCUT2D eigenvalue weighted by Crippen LogP contribution is -2.54. The first-order valence-corrected chi connectivity index (χ1v) is 8.05. The number of carbonyl (C=O) groups is 1. The molecular weight excluding hydrogens is 290 g/mol. The van der Waals surface area contributed by atoms with Gasteiger partial charge in [0.1, 0.15) is 11.3 Å². The molecule has 0 spiro atoms. The molecule has 2 heterocycles. The molecule has 23 heavy (non-hydrogen) atoms. The van der Waals surface area contributed by atoms with E-state index in [2.05, 4.69) is 11.4 Å². The summed E-state index contributed by atoms with van der Waals surface area (Å²) in [5.41, 5.74) is -0.285. The SMILES string of the molecule is CC1(C#N)CC2COC(C)(C)N2C(=O)[C@H](Cc2ccccc2)N1. The number of ether oxygens (including phenoxy) is 1. The number of fused-ring (bicyclic) bond motifs is 1. The van der Waals surface area contributed by atoms with Crippen LogP contribution in [0.2, 0.25) is 0 Å². The standard InChI is InChI=1S/C18H23N3O2/c1-17(2)21-14(11-23-17)10-18(3,12-19)20-15(16(21)22)9-13-7-5-4-6-8-13/h4-8,14-15,20H,9-11H2,1-3H3/t14?,15-,18?/m0/s1. The molecule has 0 aromatic heterocycles. The molecule has 5 heteroatoms. The van der Waals surface area contributed by atoms with Crippen LogP contribution in [0.5, 0.6) is 0 Å². The van der Waals surface area contributed by atoms with E-state index < -0.39 is 17.3 Å². The van der Waals surface area contributed by atoms with Crippen LogP contribution in [-0.2, 0) is 16.0 Å². The predicted molar refractivity (Wildman–Crippen MR) is 86.4 cm³/mol. The third-order valence-corrected chi connectivity index (χ3v) is 4.78. The number of nitriles is 1. The fourth-order valence-electron chi connectivity index (χ4n) is 3.69. The normalized spacial score (nSPS) is 33.0. The maximum atomic E-state index is 13.1. The molecule has 2 unspecified atom stereocenters. The van der Waals surface area contributed by atoms with Gasteiger partial charge in [0.2, 0.25) is 5.91 Å². The molecule has 122 valence electrons. The third kappa shape index (κ3) is 2.97. The number of amides is 1. The molecule has 0 bridgehead atoms. The first-order valence-electron chi connectivity index (χ1n) is 8.05. The maximum Gasteiger partial charge on any atom is 0.242 e. The second-order valence-corrected chi connectivity index (χ2v) is 7.15. The molecule has 1 aromatic carbocycles. The Balaban J connectivity index is 1.94. The van der Waals surface area contributed by atoms with Gasteiger partial charge in [-0.05, 0) is 32.8 Å². The average molecular weight is 313 g/mol. The Morgan fingerprint density at radius 2 is 2.04 bits per heavy atom. The van der Waals surface area contributed by atoms with Gasteiger partial charge in [0.25, 0.3) is 0 Å². The van der Waals surface area contributed by atoms with Crippen LogP contribution in [0.25, 0.3) is 0 Å². The zero-order valence-electron chi connectivity index (χ0n) is 13.9. The van der Waals surface area contributed by atoms with Gasteiger partial charge in [0.15, 0.2) is 0 Å². The second kappa shape index (κ2) is 5.63. The highest BCUT2D eigenvalue weighted by Gasteiger charge is 2.51. The van der Waals surface area contributed by atoms with Gasteiger partial charge in [-0.1, -0.05) is 30.3 Å². The minimum absolute atomic E-state index is 0.0142. The zero-order valence-corrected chi connectivity index (χ0v) is 13.9. The van der Waals surface area contributed by atoms with Gasteiger partial charge >= 0.3 is 0 Å². The molecule has 1 N–H and O–H groups in total. The molecule has 1 aromatic rings. The summed E-state index contributed by atoms with van der Waals surface area (Å²) in [6.07, 6.45) is 1.14. The molecule has 3 rings (SSSR count). The summed E-state index contributed by atoms with van der Waals surface area (Å²) >= 11 is 0. The van der Waals surface area contributed by atoms with E-state index in [1.807, 2.05) is 56.0 Å². The number of nitrogens with zero attached hydrogens (tertiary/aromatic N) is 2. The average Bonchev–Trinajstić information content (AvgIpc) is 2.75. The Hall–Kier alpha value is -1.90. The van der Waals surface area contributed by atoms with Crippen LogP contribution in [0.1, 0.15) is 32.8 Å². The summed E-state index contributed by atoms with van der Waals surface area (Å²) in [6, 6.07) is 11.8. The highest BCUT2D eigenvalue weighted by molar-refractivity contribution is 5.84. The van der Waals surface area contributed by atoms with Crippen LogP contribution in [-0.4, -0.2) is 40.8 Å². The van der Waals surface area contributed by atoms with E-state index in [-0.39, 0.29) is 11.9 Å². The largest absolute Gasteiger partial charge is 0.354 e. The van der Waals surface area contributed by atoms with Crippen molar-refractivity contribution in [2.24, 2.45) is 0 Å². The van der Waals surface area contributed by atoms with Gasteiger partial charge in [0, 0.05) is 6.42 Å². The van der Waals surface area contributed by atoms with Gasteiger partial charge in [-0.2, -0.15) is 5.26 Å². The molecule has 2 aliphatic rings. The molecule has 3 atom stereocenters. The van der Waals surface area contributed by atoms with Gasteiger partial charge in [-0.15, -0.1) is 0 Å². The Labute approximate surface area is 137 Å². The molecule has 0 aliphatic carbocycles. The highest BCUT2D eigenvalue weighted by Crippen LogP contribution is 2.35. The Bertz CT molecular complexity index is 637. The number of rotatable bonds is 2. The Kier molecular flexibility index (Phi) is 3.91. The van der Waals surface area contributed by atoms with Crippen LogP contribution in [0.4, 0.5) is 0 Å². The van der Waals surface area contributed by atoms with E-state index in [4.69, 9.17) is 4.74 Å². The van der Waals surface area contributed by atoms with Crippen molar-refractivity contribution in [3.8, 4) is 6.07 Å². The van der Waals surface area contributed by atoms with E-state index >= 15 is 0 Å². The van der Waals surface area contributed by atoms with Crippen LogP contribution < -0.4 is 5.32 Å². The number of nitrogens with one attached hydrogen (secondary N) is 1. The molecule has 1 amide bonds. The topological polar surface area (TPSA) is 65.4 Å². The molecule has 5 nitrogen and oxygen atoms in total. The van der Waals surface area contributed by atoms with Crippen molar-refractivity contribution in [2.75, 3.05) is 6.61 Å². The van der Waals surface area contributed by atoms with E-state index in [1.165, 1.54) is 0 Å². The Morgan fingerprint density at radius 1 is 1.35 bits per heavy atom. The smallest absolute Gasteiger partial charge is 0.242 e. The summed E-state index contributed by atoms with van der Waals surface area (Å²) in [4.78, 5) is 15.0. The monoisotopic (exact) mass is 313 g/mol. The van der Waals surface area contributed by atoms with E-state index in [0.717, 1.165) is 5.56 Å². The van der Waals surface area contributed by atoms with Crippen LogP contribution in [0, 0.1) is 11.3 Å². The first-order chi connectivity index (χ1) is 10.8. The van der Waals surface area contributed by atoms with Crippen LogP contribution >= 0.6 is 0 Å². The molecule has 0 saturated carbocycles. The van der Waals surface area contributed by atoms with Crippen molar-refractivity contribution in [2.45, 2.75) is 57.0 Å². The molecule has 2 aliphatic heterocycles. The lowest BCUT2D eigenvalue weighted by Gasteiger charge is -2.34. The van der Waals surface area contributed by atoms with Crippen molar-refractivity contribution in [3.63, 3.8) is 0 Å². The van der Waals surface area contributed by atoms with Crippen LogP contribution in [0.15, 0.2) is 30.3 Å². The van der Waals surface area contributed by atoms with Crippen molar-refractivity contribution in [3.05, 3.63) is 35.9 Å². The summed E-state index contributed by atoms with van der Waals surface area (Å²) in [5.74, 6) is 0.0142. The summed E-state index contributed by atoms with van der Waals surface area (Å²) in [7, 11) is 0. The highest BCUT2D eigenvalue weighted by atomic mass is 16.5. The quantitative estimate of drug-likeness (QED) is 0.905. The number of hydrogen-bond acceptors (Lipinski definition) is 4. The minimum atomic E-state index is -0.738. The zero-order chi connectivity index (χ0) is 16.7. The maximum absolute atomic E-state index is 13.1. The first kappa shape index (κ1) is 16.0. The van der Waals surface area contributed by atoms with Gasteiger partial charge in [0.05, 0.1) is 24.8 Å². The van der Waals surface area contributed by atoms with E-state index in [0.29, 0.717) is 19.4 Å². The molecule has 0 radical (unpaired) electrons. The van der Waals surface area contributed by atoms with E-state index in [9.17, 15) is 10.1 Å². The van der Waals surface area contributed by atoms with Crippen molar-refractivity contribution < 1.29 is 9.53 Å². The third-order valence-electron chi connectivity index (χ3n) is 4.78. The molecule has 2 fully saturated rings. The fraction of sp³-hybridized carbons (Fsp3) is 0.556. The number of benzene rings is 1. The lowest BCUT2D eigenvalue weighted by atomic mass is 9.94. The van der Waals surface area contributed by atoms with Gasteiger partial charge in [-0.25, -0.2) is 0 Å². The summed E-state index contributed by atoms with van der Waals surface area (Å²) < 4.78 is 5.82. The number of hydrogen-bond donors (Lipinski definition) is 1. The van der Waals surface area contributed by atoms with Crippen molar-refractivity contribution >= 4 is 5.91 Å². The summed E-state index contributed by atoms with van der Waals surface area (Å²) in [6.45, 7) is 6.18.